The number of benzene rings is 1. The van der Waals surface area contributed by atoms with Crippen molar-refractivity contribution in [3.8, 4) is 11.9 Å². The molecule has 0 saturated heterocycles. The number of fused-ring (bicyclic) bond motifs is 1. The van der Waals surface area contributed by atoms with Crippen LogP contribution >= 0.6 is 0 Å². The Morgan fingerprint density at radius 2 is 2.23 bits per heavy atom. The van der Waals surface area contributed by atoms with Crippen LogP contribution in [0, 0.1) is 17.1 Å². The number of aryl methyl sites for hydroxylation is 1. The van der Waals surface area contributed by atoms with Crippen LogP contribution in [-0.2, 0) is 6.42 Å². The molecular weight excluding hydrogens is 283 g/mol. The lowest BCUT2D eigenvalue weighted by atomic mass is 9.83. The molecule has 0 saturated carbocycles. The van der Waals surface area contributed by atoms with Crippen LogP contribution in [0.1, 0.15) is 36.1 Å². The van der Waals surface area contributed by atoms with Gasteiger partial charge >= 0.3 is 0 Å². The van der Waals surface area contributed by atoms with E-state index in [0.717, 1.165) is 18.5 Å². The lowest BCUT2D eigenvalue weighted by Crippen LogP contribution is -2.22. The van der Waals surface area contributed by atoms with Crippen LogP contribution in [0.4, 0.5) is 4.39 Å². The highest BCUT2D eigenvalue weighted by atomic mass is 19.1. The first-order chi connectivity index (χ1) is 10.7. The first-order valence-electron chi connectivity index (χ1n) is 7.06. The zero-order valence-corrected chi connectivity index (χ0v) is 12.1. The SMILES string of the molecule is CCCc1[nH]nc2c1C(c1ccccc1F)C(C#N)=C(N)O2. The van der Waals surface area contributed by atoms with E-state index in [1.165, 1.54) is 6.07 Å². The Balaban J connectivity index is 2.24. The molecule has 1 unspecified atom stereocenters. The van der Waals surface area contributed by atoms with Crippen molar-refractivity contribution in [3.05, 3.63) is 58.4 Å². The first-order valence-corrected chi connectivity index (χ1v) is 7.06. The fourth-order valence-electron chi connectivity index (χ4n) is 2.77. The molecule has 0 amide bonds. The largest absolute Gasteiger partial charge is 0.420 e. The monoisotopic (exact) mass is 298 g/mol. The summed E-state index contributed by atoms with van der Waals surface area (Å²) in [6, 6.07) is 8.42. The highest BCUT2D eigenvalue weighted by molar-refractivity contribution is 5.55. The summed E-state index contributed by atoms with van der Waals surface area (Å²) in [6.45, 7) is 2.03. The second-order valence-corrected chi connectivity index (χ2v) is 5.12. The van der Waals surface area contributed by atoms with Crippen LogP contribution in [0.25, 0.3) is 0 Å². The van der Waals surface area contributed by atoms with E-state index >= 15 is 0 Å². The van der Waals surface area contributed by atoms with Gasteiger partial charge in [-0.3, -0.25) is 5.10 Å². The fourth-order valence-corrected chi connectivity index (χ4v) is 2.77. The Bertz CT molecular complexity index is 788. The molecule has 3 rings (SSSR count). The number of nitrogens with one attached hydrogen (secondary N) is 1. The van der Waals surface area contributed by atoms with E-state index in [4.69, 9.17) is 10.5 Å². The molecule has 1 aliphatic rings. The standard InChI is InChI=1S/C16H15FN4O/c1-2-5-12-14-13(9-6-3-4-7-11(9)17)10(8-18)15(19)22-16(14)21-20-12/h3-4,6-7,13H,2,5,19H2,1H3,(H,20,21). The topological polar surface area (TPSA) is 87.7 Å². The molecule has 112 valence electrons. The molecule has 1 aliphatic heterocycles. The Morgan fingerprint density at radius 1 is 1.45 bits per heavy atom. The van der Waals surface area contributed by atoms with Crippen molar-refractivity contribution < 1.29 is 9.13 Å². The summed E-state index contributed by atoms with van der Waals surface area (Å²) in [4.78, 5) is 0. The number of nitrogens with zero attached hydrogens (tertiary/aromatic N) is 2. The van der Waals surface area contributed by atoms with E-state index in [1.54, 1.807) is 18.2 Å². The highest BCUT2D eigenvalue weighted by Gasteiger charge is 2.36. The maximum Gasteiger partial charge on any atom is 0.244 e. The zero-order valence-electron chi connectivity index (χ0n) is 12.1. The first kappa shape index (κ1) is 14.1. The van der Waals surface area contributed by atoms with E-state index in [2.05, 4.69) is 16.3 Å². The molecule has 0 radical (unpaired) electrons. The van der Waals surface area contributed by atoms with Gasteiger partial charge in [0.25, 0.3) is 0 Å². The summed E-state index contributed by atoms with van der Waals surface area (Å²) in [5, 5.41) is 16.5. The molecule has 1 atom stereocenters. The van der Waals surface area contributed by atoms with Gasteiger partial charge in [0.05, 0.1) is 11.5 Å². The lowest BCUT2D eigenvalue weighted by molar-refractivity contribution is 0.377. The van der Waals surface area contributed by atoms with Crippen molar-refractivity contribution in [2.75, 3.05) is 0 Å². The van der Waals surface area contributed by atoms with Crippen molar-refractivity contribution in [2.45, 2.75) is 25.7 Å². The number of H-pyrrole nitrogens is 1. The molecule has 2 heterocycles. The van der Waals surface area contributed by atoms with Gasteiger partial charge in [-0.1, -0.05) is 31.5 Å². The molecule has 0 bridgehead atoms. The van der Waals surface area contributed by atoms with Gasteiger partial charge in [-0.15, -0.1) is 5.10 Å². The summed E-state index contributed by atoms with van der Waals surface area (Å²) in [5.41, 5.74) is 7.95. The number of nitriles is 1. The maximum atomic E-state index is 14.3. The Labute approximate surface area is 127 Å². The van der Waals surface area contributed by atoms with Gasteiger partial charge in [0.2, 0.25) is 11.8 Å². The zero-order chi connectivity index (χ0) is 15.7. The number of allylic oxidation sites excluding steroid dienone is 1. The third-order valence-electron chi connectivity index (χ3n) is 3.73. The summed E-state index contributed by atoms with van der Waals surface area (Å²) in [5.74, 6) is -0.703. The van der Waals surface area contributed by atoms with Gasteiger partial charge in [0.1, 0.15) is 17.5 Å². The molecule has 6 heteroatoms. The predicted octanol–water partition coefficient (Wildman–Crippen LogP) is 2.72. The van der Waals surface area contributed by atoms with Crippen molar-refractivity contribution in [1.82, 2.24) is 10.2 Å². The summed E-state index contributed by atoms with van der Waals surface area (Å²) in [7, 11) is 0. The predicted molar refractivity (Wildman–Crippen MR) is 78.3 cm³/mol. The van der Waals surface area contributed by atoms with E-state index in [1.807, 2.05) is 6.92 Å². The Hall–Kier alpha value is -2.81. The van der Waals surface area contributed by atoms with Gasteiger partial charge in [-0.05, 0) is 12.5 Å². The van der Waals surface area contributed by atoms with Crippen molar-refractivity contribution in [2.24, 2.45) is 5.73 Å². The molecule has 22 heavy (non-hydrogen) atoms. The summed E-state index contributed by atoms with van der Waals surface area (Å²) >= 11 is 0. The Morgan fingerprint density at radius 3 is 2.91 bits per heavy atom. The number of hydrogen-bond acceptors (Lipinski definition) is 4. The second kappa shape index (κ2) is 5.53. The van der Waals surface area contributed by atoms with Crippen LogP contribution in [0.2, 0.25) is 0 Å². The lowest BCUT2D eigenvalue weighted by Gasteiger charge is -2.24. The number of ether oxygens (including phenoxy) is 1. The van der Waals surface area contributed by atoms with Crippen LogP contribution in [0.5, 0.6) is 5.88 Å². The third kappa shape index (κ3) is 2.11. The van der Waals surface area contributed by atoms with Crippen molar-refractivity contribution in [1.29, 1.82) is 5.26 Å². The molecule has 0 spiro atoms. The third-order valence-corrected chi connectivity index (χ3v) is 3.73. The average molecular weight is 298 g/mol. The molecule has 1 aromatic carbocycles. The number of nitrogens with two attached hydrogens (primary N) is 1. The molecule has 3 N–H and O–H groups in total. The van der Waals surface area contributed by atoms with E-state index in [0.29, 0.717) is 17.0 Å². The number of halogens is 1. The highest BCUT2D eigenvalue weighted by Crippen LogP contribution is 2.43. The minimum absolute atomic E-state index is 0.0298. The van der Waals surface area contributed by atoms with Gasteiger partial charge < -0.3 is 10.5 Å². The van der Waals surface area contributed by atoms with Crippen molar-refractivity contribution >= 4 is 0 Å². The van der Waals surface area contributed by atoms with Crippen LogP contribution < -0.4 is 10.5 Å². The van der Waals surface area contributed by atoms with Gasteiger partial charge in [-0.2, -0.15) is 5.26 Å². The number of aromatic amines is 1. The van der Waals surface area contributed by atoms with Crippen LogP contribution in [-0.4, -0.2) is 10.2 Å². The van der Waals surface area contributed by atoms with Gasteiger partial charge in [0.15, 0.2) is 0 Å². The summed E-state index contributed by atoms with van der Waals surface area (Å²) in [6.07, 6.45) is 1.62. The second-order valence-electron chi connectivity index (χ2n) is 5.12. The van der Waals surface area contributed by atoms with Crippen LogP contribution in [0.3, 0.4) is 0 Å². The number of rotatable bonds is 3. The molecular formula is C16H15FN4O. The fraction of sp³-hybridized carbons (Fsp3) is 0.250. The normalized spacial score (nSPS) is 16.9. The quantitative estimate of drug-likeness (QED) is 0.912. The van der Waals surface area contributed by atoms with E-state index < -0.39 is 5.92 Å². The Kier molecular flexibility index (Phi) is 3.55. The minimum Gasteiger partial charge on any atom is -0.420 e. The molecule has 0 fully saturated rings. The molecule has 2 aromatic rings. The molecule has 1 aromatic heterocycles. The molecule has 5 nitrogen and oxygen atoms in total. The average Bonchev–Trinajstić information content (AvgIpc) is 2.89. The smallest absolute Gasteiger partial charge is 0.244 e. The van der Waals surface area contributed by atoms with Gasteiger partial charge in [0, 0.05) is 11.3 Å². The molecule has 0 aliphatic carbocycles. The van der Waals surface area contributed by atoms with E-state index in [9.17, 15) is 9.65 Å². The van der Waals surface area contributed by atoms with Crippen molar-refractivity contribution in [3.63, 3.8) is 0 Å². The van der Waals surface area contributed by atoms with Gasteiger partial charge in [-0.25, -0.2) is 4.39 Å². The number of hydrogen-bond donors (Lipinski definition) is 2. The van der Waals surface area contributed by atoms with Crippen LogP contribution in [0.15, 0.2) is 35.7 Å². The maximum absolute atomic E-state index is 14.3. The van der Waals surface area contributed by atoms with E-state index in [-0.39, 0.29) is 17.3 Å². The number of aromatic nitrogens is 2. The minimum atomic E-state index is -0.602. The summed E-state index contributed by atoms with van der Waals surface area (Å²) < 4.78 is 19.7.